The van der Waals surface area contributed by atoms with Gasteiger partial charge in [-0.15, -0.1) is 0 Å². The Morgan fingerprint density at radius 2 is 1.84 bits per heavy atom. The number of nitrogens with zero attached hydrogens (tertiary/aromatic N) is 3. The number of aromatic hydroxyl groups is 1. The van der Waals surface area contributed by atoms with Gasteiger partial charge >= 0.3 is 0 Å². The van der Waals surface area contributed by atoms with Crippen molar-refractivity contribution in [1.82, 2.24) is 20.1 Å². The van der Waals surface area contributed by atoms with Crippen LogP contribution in [0.3, 0.4) is 0 Å². The van der Waals surface area contributed by atoms with Gasteiger partial charge in [0.1, 0.15) is 17.8 Å². The predicted octanol–water partition coefficient (Wildman–Crippen LogP) is 4.74. The van der Waals surface area contributed by atoms with Crippen LogP contribution in [0.25, 0.3) is 5.76 Å². The van der Waals surface area contributed by atoms with Gasteiger partial charge in [-0.2, -0.15) is 0 Å². The van der Waals surface area contributed by atoms with Gasteiger partial charge in [0.05, 0.1) is 0 Å². The normalized spacial score (nSPS) is 16.1. The van der Waals surface area contributed by atoms with E-state index in [1.165, 1.54) is 5.56 Å². The number of rotatable bonds is 9. The highest BCUT2D eigenvalue weighted by atomic mass is 16.5. The molecule has 0 atom stereocenters. The van der Waals surface area contributed by atoms with E-state index in [0.29, 0.717) is 12.5 Å². The van der Waals surface area contributed by atoms with Crippen molar-refractivity contribution in [3.05, 3.63) is 114 Å². The number of aromatic nitrogens is 1. The highest BCUT2D eigenvalue weighted by Gasteiger charge is 2.24. The van der Waals surface area contributed by atoms with Gasteiger partial charge in [-0.3, -0.25) is 9.78 Å². The van der Waals surface area contributed by atoms with E-state index in [9.17, 15) is 9.90 Å². The third-order valence-corrected chi connectivity index (χ3v) is 7.22. The van der Waals surface area contributed by atoms with Crippen molar-refractivity contribution < 1.29 is 14.6 Å². The fraction of sp³-hybridized carbons (Fsp3) is 0.290. The van der Waals surface area contributed by atoms with Crippen molar-refractivity contribution in [2.45, 2.75) is 25.2 Å². The average Bonchev–Trinajstić information content (AvgIpc) is 2.97. The monoisotopic (exact) mass is 510 g/mol. The zero-order chi connectivity index (χ0) is 26.2. The Morgan fingerprint density at radius 3 is 2.66 bits per heavy atom. The first-order chi connectivity index (χ1) is 18.7. The second kappa shape index (κ2) is 12.4. The van der Waals surface area contributed by atoms with Gasteiger partial charge in [-0.05, 0) is 79.7 Å². The van der Waals surface area contributed by atoms with E-state index in [1.54, 1.807) is 30.8 Å². The Morgan fingerprint density at radius 1 is 1.03 bits per heavy atom. The van der Waals surface area contributed by atoms with E-state index in [1.807, 2.05) is 54.9 Å². The molecule has 7 nitrogen and oxygen atoms in total. The smallest absolute Gasteiger partial charge is 0.251 e. The van der Waals surface area contributed by atoms with Gasteiger partial charge in [0.25, 0.3) is 5.91 Å². The molecule has 3 heterocycles. The van der Waals surface area contributed by atoms with Gasteiger partial charge in [0.2, 0.25) is 0 Å². The van der Waals surface area contributed by atoms with E-state index >= 15 is 0 Å². The number of hydrogen-bond acceptors (Lipinski definition) is 6. The Balaban J connectivity index is 1.11. The lowest BCUT2D eigenvalue weighted by Gasteiger charge is -2.34. The van der Waals surface area contributed by atoms with E-state index in [-0.39, 0.29) is 11.7 Å². The summed E-state index contributed by atoms with van der Waals surface area (Å²) in [6.07, 6.45) is 12.0. The number of amides is 1. The van der Waals surface area contributed by atoms with Crippen LogP contribution in [0.4, 0.5) is 0 Å². The average molecular weight is 511 g/mol. The molecule has 7 heteroatoms. The number of nitrogens with one attached hydrogen (secondary N) is 1. The zero-order valence-electron chi connectivity index (χ0n) is 21.5. The lowest BCUT2D eigenvalue weighted by Crippen LogP contribution is -2.38. The standard InChI is InChI=1S/C31H34N4O3/c36-27-5-3-4-26(22-27)30-23-35(20-21-38-30)19-18-34-16-11-25(12-17-34)28-6-1-2-7-29(28)31(37)33-15-10-24-8-13-32-14-9-24/h1-9,13-14,20-23,25,36H,10-12,15-19H2,(H,33,37). The number of benzene rings is 2. The minimum atomic E-state index is 0.00511. The third kappa shape index (κ3) is 6.61. The molecule has 1 fully saturated rings. The third-order valence-electron chi connectivity index (χ3n) is 7.22. The maximum Gasteiger partial charge on any atom is 0.251 e. The summed E-state index contributed by atoms with van der Waals surface area (Å²) < 4.78 is 5.66. The molecule has 1 amide bonds. The van der Waals surface area contributed by atoms with Crippen LogP contribution in [-0.2, 0) is 11.2 Å². The first-order valence-electron chi connectivity index (χ1n) is 13.2. The lowest BCUT2D eigenvalue weighted by atomic mass is 9.86. The Labute approximate surface area is 224 Å². The van der Waals surface area contributed by atoms with Crippen molar-refractivity contribution in [3.63, 3.8) is 0 Å². The van der Waals surface area contributed by atoms with Crippen LogP contribution >= 0.6 is 0 Å². The van der Waals surface area contributed by atoms with Gasteiger partial charge in [-0.25, -0.2) is 0 Å². The molecule has 2 aliphatic heterocycles. The van der Waals surface area contributed by atoms with E-state index in [2.05, 4.69) is 26.2 Å². The predicted molar refractivity (Wildman–Crippen MR) is 148 cm³/mol. The largest absolute Gasteiger partial charge is 0.508 e. The fourth-order valence-electron chi connectivity index (χ4n) is 5.10. The molecule has 38 heavy (non-hydrogen) atoms. The topological polar surface area (TPSA) is 77.9 Å². The fourth-order valence-corrected chi connectivity index (χ4v) is 5.10. The van der Waals surface area contributed by atoms with Crippen LogP contribution < -0.4 is 5.32 Å². The number of phenolic OH excluding ortho intramolecular Hbond substituents is 1. The molecule has 0 radical (unpaired) electrons. The molecule has 0 unspecified atom stereocenters. The maximum atomic E-state index is 13.0. The van der Waals surface area contributed by atoms with Crippen LogP contribution in [-0.4, -0.2) is 58.5 Å². The first kappa shape index (κ1) is 25.5. The molecule has 2 N–H and O–H groups in total. The molecule has 3 aromatic rings. The summed E-state index contributed by atoms with van der Waals surface area (Å²) in [5, 5.41) is 12.9. The minimum absolute atomic E-state index is 0.00511. The Hall–Kier alpha value is -4.10. The van der Waals surface area contributed by atoms with E-state index < -0.39 is 0 Å². The molecule has 1 saturated heterocycles. The zero-order valence-corrected chi connectivity index (χ0v) is 21.5. The molecule has 196 valence electrons. The lowest BCUT2D eigenvalue weighted by molar-refractivity contribution is 0.0951. The van der Waals surface area contributed by atoms with Crippen molar-refractivity contribution in [3.8, 4) is 5.75 Å². The number of hydrogen-bond donors (Lipinski definition) is 2. The molecule has 0 saturated carbocycles. The number of phenols is 1. The van der Waals surface area contributed by atoms with Crippen LogP contribution in [0.2, 0.25) is 0 Å². The minimum Gasteiger partial charge on any atom is -0.508 e. The summed E-state index contributed by atoms with van der Waals surface area (Å²) in [6, 6.07) is 19.1. The summed E-state index contributed by atoms with van der Waals surface area (Å²) in [4.78, 5) is 21.7. The number of ether oxygens (including phenoxy) is 1. The van der Waals surface area contributed by atoms with Crippen LogP contribution in [0.1, 0.15) is 45.8 Å². The summed E-state index contributed by atoms with van der Waals surface area (Å²) >= 11 is 0. The molecule has 2 aliphatic rings. The van der Waals surface area contributed by atoms with Gasteiger partial charge in [-0.1, -0.05) is 30.3 Å². The SMILES string of the molecule is O=C(NCCc1ccncc1)c1ccccc1C1CCN(CCN2C=COC(c3cccc(O)c3)=C2)CC1. The molecule has 0 aliphatic carbocycles. The molecule has 0 bridgehead atoms. The van der Waals surface area contributed by atoms with E-state index in [0.717, 1.165) is 67.9 Å². The van der Waals surface area contributed by atoms with Crippen LogP contribution in [0.15, 0.2) is 91.7 Å². The number of carbonyl (C=O) groups excluding carboxylic acids is 1. The molecular formula is C31H34N4O3. The highest BCUT2D eigenvalue weighted by Crippen LogP contribution is 2.30. The maximum absolute atomic E-state index is 13.0. The van der Waals surface area contributed by atoms with Crippen LogP contribution in [0, 0.1) is 0 Å². The Bertz CT molecular complexity index is 1280. The van der Waals surface area contributed by atoms with Crippen LogP contribution in [0.5, 0.6) is 5.75 Å². The molecule has 0 spiro atoms. The summed E-state index contributed by atoms with van der Waals surface area (Å²) in [5.41, 5.74) is 3.96. The second-order valence-corrected chi connectivity index (χ2v) is 9.75. The molecule has 2 aromatic carbocycles. The van der Waals surface area contributed by atoms with Crippen molar-refractivity contribution in [2.75, 3.05) is 32.7 Å². The first-order valence-corrected chi connectivity index (χ1v) is 13.2. The van der Waals surface area contributed by atoms with Crippen molar-refractivity contribution in [2.24, 2.45) is 0 Å². The van der Waals surface area contributed by atoms with Gasteiger partial charge in [0.15, 0.2) is 0 Å². The molecular weight excluding hydrogens is 476 g/mol. The number of carbonyl (C=O) groups is 1. The summed E-state index contributed by atoms with van der Waals surface area (Å²) in [5.74, 6) is 1.33. The van der Waals surface area contributed by atoms with E-state index in [4.69, 9.17) is 4.74 Å². The quantitative estimate of drug-likeness (QED) is 0.433. The summed E-state index contributed by atoms with van der Waals surface area (Å²) in [6.45, 7) is 4.40. The second-order valence-electron chi connectivity index (χ2n) is 9.75. The van der Waals surface area contributed by atoms with Crippen molar-refractivity contribution >= 4 is 11.7 Å². The number of piperidine rings is 1. The summed E-state index contributed by atoms with van der Waals surface area (Å²) in [7, 11) is 0. The van der Waals surface area contributed by atoms with Gasteiger partial charge < -0.3 is 25.0 Å². The molecule has 5 rings (SSSR count). The highest BCUT2D eigenvalue weighted by molar-refractivity contribution is 5.95. The number of likely N-dealkylation sites (tertiary alicyclic amines) is 1. The van der Waals surface area contributed by atoms with Crippen molar-refractivity contribution in [1.29, 1.82) is 0 Å². The Kier molecular flexibility index (Phi) is 8.36. The number of pyridine rings is 1. The van der Waals surface area contributed by atoms with Gasteiger partial charge in [0, 0.05) is 55.6 Å². The molecule has 1 aromatic heterocycles.